The Labute approximate surface area is 159 Å². The predicted molar refractivity (Wildman–Crippen MR) is 105 cm³/mol. The first-order valence-corrected chi connectivity index (χ1v) is 9.11. The number of nitrogens with one attached hydrogen (secondary N) is 1. The second-order valence-electron chi connectivity index (χ2n) is 5.25. The second-order valence-corrected chi connectivity index (χ2v) is 7.16. The molecule has 3 aromatic rings. The van der Waals surface area contributed by atoms with Crippen molar-refractivity contribution >= 4 is 51.7 Å². The van der Waals surface area contributed by atoms with E-state index in [1.165, 1.54) is 17.4 Å². The van der Waals surface area contributed by atoms with E-state index in [-0.39, 0.29) is 5.91 Å². The summed E-state index contributed by atoms with van der Waals surface area (Å²) >= 11 is 13.7. The largest absolute Gasteiger partial charge is 0.298 e. The molecule has 2 aromatic carbocycles. The van der Waals surface area contributed by atoms with E-state index in [1.807, 2.05) is 42.5 Å². The van der Waals surface area contributed by atoms with E-state index < -0.39 is 0 Å². The van der Waals surface area contributed by atoms with Crippen LogP contribution < -0.4 is 5.32 Å². The molecule has 1 aromatic heterocycles. The van der Waals surface area contributed by atoms with Crippen LogP contribution >= 0.6 is 34.5 Å². The lowest BCUT2D eigenvalue weighted by Crippen LogP contribution is -2.06. The zero-order valence-electron chi connectivity index (χ0n) is 13.1. The van der Waals surface area contributed by atoms with Gasteiger partial charge in [0.15, 0.2) is 5.13 Å². The van der Waals surface area contributed by atoms with Crippen LogP contribution in [0.4, 0.5) is 5.13 Å². The van der Waals surface area contributed by atoms with Crippen molar-refractivity contribution in [2.24, 2.45) is 0 Å². The van der Waals surface area contributed by atoms with Crippen molar-refractivity contribution in [1.82, 2.24) is 4.98 Å². The molecule has 0 bridgehead atoms. The zero-order valence-corrected chi connectivity index (χ0v) is 15.4. The summed E-state index contributed by atoms with van der Waals surface area (Å²) in [4.78, 5) is 17.2. The van der Waals surface area contributed by atoms with Gasteiger partial charge in [-0.2, -0.15) is 0 Å². The van der Waals surface area contributed by atoms with Crippen molar-refractivity contribution in [3.63, 3.8) is 0 Å². The minimum atomic E-state index is -0.217. The highest BCUT2D eigenvalue weighted by Crippen LogP contribution is 2.29. The van der Waals surface area contributed by atoms with Gasteiger partial charge in [0.2, 0.25) is 5.91 Å². The highest BCUT2D eigenvalue weighted by atomic mass is 35.5. The van der Waals surface area contributed by atoms with Gasteiger partial charge in [-0.3, -0.25) is 10.1 Å². The zero-order chi connectivity index (χ0) is 17.6. The van der Waals surface area contributed by atoms with Crippen molar-refractivity contribution in [3.8, 4) is 0 Å². The maximum Gasteiger partial charge on any atom is 0.250 e. The molecular weight excluding hydrogens is 375 g/mol. The van der Waals surface area contributed by atoms with E-state index in [0.29, 0.717) is 21.6 Å². The second kappa shape index (κ2) is 8.30. The Kier molecular flexibility index (Phi) is 5.87. The minimum absolute atomic E-state index is 0.217. The van der Waals surface area contributed by atoms with Crippen LogP contribution in [0, 0.1) is 0 Å². The van der Waals surface area contributed by atoms with E-state index in [9.17, 15) is 4.79 Å². The Morgan fingerprint density at radius 1 is 1.12 bits per heavy atom. The van der Waals surface area contributed by atoms with Crippen molar-refractivity contribution < 1.29 is 4.79 Å². The van der Waals surface area contributed by atoms with Crippen LogP contribution in [0.3, 0.4) is 0 Å². The summed E-state index contributed by atoms with van der Waals surface area (Å²) in [7, 11) is 0. The van der Waals surface area contributed by atoms with E-state index in [4.69, 9.17) is 23.2 Å². The average Bonchev–Trinajstić information content (AvgIpc) is 3.05. The summed E-state index contributed by atoms with van der Waals surface area (Å²) in [5.74, 6) is -0.217. The molecule has 0 radical (unpaired) electrons. The number of anilines is 1. The molecule has 3 nitrogen and oxygen atoms in total. The predicted octanol–water partition coefficient (Wildman–Crippen LogP) is 5.69. The lowest BCUT2D eigenvalue weighted by Gasteiger charge is -2.03. The van der Waals surface area contributed by atoms with E-state index in [1.54, 1.807) is 18.3 Å². The standard InChI is InChI=1S/C19H14Cl2N2OS/c20-16-8-4-7-14(18(16)21)11-15-12-22-19(25-15)23-17(24)10-9-13-5-2-1-3-6-13/h1-10,12H,11H2,(H,22,23,24)/b10-9-. The van der Waals surface area contributed by atoms with Gasteiger partial charge in [-0.05, 0) is 23.3 Å². The first kappa shape index (κ1) is 17.7. The summed E-state index contributed by atoms with van der Waals surface area (Å²) in [5, 5.41) is 4.40. The van der Waals surface area contributed by atoms with Crippen LogP contribution in [0.15, 0.2) is 60.8 Å². The molecule has 0 fully saturated rings. The molecule has 3 rings (SSSR count). The van der Waals surface area contributed by atoms with Gasteiger partial charge in [-0.15, -0.1) is 11.3 Å². The van der Waals surface area contributed by atoms with E-state index in [0.717, 1.165) is 16.0 Å². The number of aromatic nitrogens is 1. The van der Waals surface area contributed by atoms with Gasteiger partial charge in [0.1, 0.15) is 0 Å². The van der Waals surface area contributed by atoms with Crippen molar-refractivity contribution in [1.29, 1.82) is 0 Å². The molecule has 0 saturated heterocycles. The lowest BCUT2D eigenvalue weighted by atomic mass is 10.1. The summed E-state index contributed by atoms with van der Waals surface area (Å²) in [6.07, 6.45) is 5.60. The average molecular weight is 389 g/mol. The summed E-state index contributed by atoms with van der Waals surface area (Å²) < 4.78 is 0. The molecule has 0 aliphatic heterocycles. The fourth-order valence-corrected chi connectivity index (χ4v) is 3.43. The number of nitrogens with zero attached hydrogens (tertiary/aromatic N) is 1. The fourth-order valence-electron chi connectivity index (χ4n) is 2.20. The van der Waals surface area contributed by atoms with Crippen LogP contribution in [-0.2, 0) is 11.2 Å². The van der Waals surface area contributed by atoms with Gasteiger partial charge in [-0.25, -0.2) is 4.98 Å². The third-order valence-electron chi connectivity index (χ3n) is 3.41. The first-order chi connectivity index (χ1) is 12.1. The summed E-state index contributed by atoms with van der Waals surface area (Å²) in [5.41, 5.74) is 1.90. The first-order valence-electron chi connectivity index (χ1n) is 7.53. The molecule has 25 heavy (non-hydrogen) atoms. The van der Waals surface area contributed by atoms with Gasteiger partial charge >= 0.3 is 0 Å². The topological polar surface area (TPSA) is 42.0 Å². The van der Waals surface area contributed by atoms with Crippen molar-refractivity contribution in [2.45, 2.75) is 6.42 Å². The molecule has 1 heterocycles. The Morgan fingerprint density at radius 3 is 2.72 bits per heavy atom. The number of halogens is 2. The van der Waals surface area contributed by atoms with Gasteiger partial charge < -0.3 is 0 Å². The monoisotopic (exact) mass is 388 g/mol. The molecule has 0 unspecified atom stereocenters. The molecule has 0 aliphatic carbocycles. The molecule has 6 heteroatoms. The summed E-state index contributed by atoms with van der Waals surface area (Å²) in [6.45, 7) is 0. The Balaban J connectivity index is 1.62. The number of amides is 1. The molecule has 0 atom stereocenters. The van der Waals surface area contributed by atoms with Crippen LogP contribution in [0.1, 0.15) is 16.0 Å². The fraction of sp³-hybridized carbons (Fsp3) is 0.0526. The maximum atomic E-state index is 12.0. The summed E-state index contributed by atoms with van der Waals surface area (Å²) in [6, 6.07) is 15.2. The van der Waals surface area contributed by atoms with Crippen LogP contribution in [0.5, 0.6) is 0 Å². The van der Waals surface area contributed by atoms with Crippen molar-refractivity contribution in [2.75, 3.05) is 5.32 Å². The Bertz CT molecular complexity index is 907. The lowest BCUT2D eigenvalue weighted by molar-refractivity contribution is -0.111. The molecule has 1 amide bonds. The smallest absolute Gasteiger partial charge is 0.250 e. The number of carbonyl (C=O) groups excluding carboxylic acids is 1. The molecule has 0 saturated carbocycles. The maximum absolute atomic E-state index is 12.0. The Hall–Kier alpha value is -2.14. The number of hydrogen-bond acceptors (Lipinski definition) is 3. The molecule has 126 valence electrons. The van der Waals surface area contributed by atoms with Gasteiger partial charge in [0, 0.05) is 23.6 Å². The highest BCUT2D eigenvalue weighted by Gasteiger charge is 2.09. The number of rotatable bonds is 5. The quantitative estimate of drug-likeness (QED) is 0.570. The van der Waals surface area contributed by atoms with Gasteiger partial charge in [0.05, 0.1) is 10.0 Å². The SMILES string of the molecule is O=C(/C=C\c1ccccc1)Nc1ncc(Cc2cccc(Cl)c2Cl)s1. The van der Waals surface area contributed by atoms with Crippen molar-refractivity contribution in [3.05, 3.63) is 86.9 Å². The van der Waals surface area contributed by atoms with Gasteiger partial charge in [0.25, 0.3) is 0 Å². The number of hydrogen-bond donors (Lipinski definition) is 1. The highest BCUT2D eigenvalue weighted by molar-refractivity contribution is 7.15. The van der Waals surface area contributed by atoms with Crippen LogP contribution in [0.2, 0.25) is 10.0 Å². The normalized spacial score (nSPS) is 11.0. The van der Waals surface area contributed by atoms with E-state index in [2.05, 4.69) is 10.3 Å². The third-order valence-corrected chi connectivity index (χ3v) is 5.18. The molecule has 1 N–H and O–H groups in total. The molecular formula is C19H14Cl2N2OS. The molecule has 0 aliphatic rings. The number of carbonyl (C=O) groups is 1. The minimum Gasteiger partial charge on any atom is -0.298 e. The van der Waals surface area contributed by atoms with Crippen LogP contribution in [0.25, 0.3) is 6.08 Å². The van der Waals surface area contributed by atoms with Crippen LogP contribution in [-0.4, -0.2) is 10.9 Å². The van der Waals surface area contributed by atoms with Gasteiger partial charge in [-0.1, -0.05) is 65.7 Å². The number of thiazole rings is 1. The third kappa shape index (κ3) is 4.92. The van der Waals surface area contributed by atoms with E-state index >= 15 is 0 Å². The Morgan fingerprint density at radius 2 is 1.92 bits per heavy atom. The number of benzene rings is 2. The molecule has 0 spiro atoms.